The Morgan fingerprint density at radius 2 is 2.10 bits per heavy atom. The lowest BCUT2D eigenvalue weighted by molar-refractivity contribution is 0.339. The summed E-state index contributed by atoms with van der Waals surface area (Å²) in [5, 5.41) is 3.49. The molecule has 0 radical (unpaired) electrons. The molecule has 21 heavy (non-hydrogen) atoms. The van der Waals surface area contributed by atoms with E-state index in [-0.39, 0.29) is 11.9 Å². The zero-order valence-electron chi connectivity index (χ0n) is 12.4. The molecule has 0 amide bonds. The van der Waals surface area contributed by atoms with Crippen molar-refractivity contribution in [3.63, 3.8) is 0 Å². The van der Waals surface area contributed by atoms with Crippen LogP contribution in [0.2, 0.25) is 0 Å². The number of nitrogens with one attached hydrogen (secondary N) is 1. The lowest BCUT2D eigenvalue weighted by atomic mass is 9.89. The van der Waals surface area contributed by atoms with E-state index in [1.54, 1.807) is 12.1 Å². The first-order chi connectivity index (χ1) is 10.2. The molecule has 2 nitrogen and oxygen atoms in total. The summed E-state index contributed by atoms with van der Waals surface area (Å²) >= 11 is 0. The highest BCUT2D eigenvalue weighted by molar-refractivity contribution is 5.44. The highest BCUT2D eigenvalue weighted by Gasteiger charge is 2.22. The van der Waals surface area contributed by atoms with Crippen LogP contribution < -0.4 is 10.1 Å². The molecule has 3 rings (SSSR count). The largest absolute Gasteiger partial charge is 0.494 e. The topological polar surface area (TPSA) is 21.3 Å². The third kappa shape index (κ3) is 2.93. The lowest BCUT2D eigenvalue weighted by Gasteiger charge is -2.28. The summed E-state index contributed by atoms with van der Waals surface area (Å²) in [6, 6.07) is 11.5. The van der Waals surface area contributed by atoms with Gasteiger partial charge in [-0.05, 0) is 66.8 Å². The number of aryl methyl sites for hydroxylation is 1. The number of rotatable bonds is 3. The van der Waals surface area contributed by atoms with Gasteiger partial charge in [-0.15, -0.1) is 0 Å². The smallest absolute Gasteiger partial charge is 0.123 e. The zero-order chi connectivity index (χ0) is 14.8. The number of ether oxygens (including phenoxy) is 1. The quantitative estimate of drug-likeness (QED) is 0.927. The summed E-state index contributed by atoms with van der Waals surface area (Å²) in [6.45, 7) is 5.47. The van der Waals surface area contributed by atoms with E-state index in [9.17, 15) is 4.39 Å². The van der Waals surface area contributed by atoms with Crippen molar-refractivity contribution in [1.82, 2.24) is 5.32 Å². The molecule has 0 saturated heterocycles. The van der Waals surface area contributed by atoms with Gasteiger partial charge in [-0.3, -0.25) is 0 Å². The number of hydrogen-bond acceptors (Lipinski definition) is 2. The molecule has 1 heterocycles. The van der Waals surface area contributed by atoms with E-state index < -0.39 is 0 Å². The molecule has 0 aromatic heterocycles. The fraction of sp³-hybridized carbons (Fsp3) is 0.333. The molecule has 2 aromatic carbocycles. The van der Waals surface area contributed by atoms with Crippen molar-refractivity contribution in [3.05, 3.63) is 64.5 Å². The van der Waals surface area contributed by atoms with Crippen LogP contribution >= 0.6 is 0 Å². The molecule has 1 aliphatic heterocycles. The summed E-state index contributed by atoms with van der Waals surface area (Å²) < 4.78 is 19.2. The Hall–Kier alpha value is -1.87. The zero-order valence-corrected chi connectivity index (χ0v) is 12.4. The van der Waals surface area contributed by atoms with E-state index in [0.717, 1.165) is 29.8 Å². The number of hydrogen-bond donors (Lipinski definition) is 1. The molecule has 0 saturated carbocycles. The van der Waals surface area contributed by atoms with E-state index in [2.05, 4.69) is 17.4 Å². The Balaban J connectivity index is 2.00. The maximum atomic E-state index is 13.7. The number of benzene rings is 2. The summed E-state index contributed by atoms with van der Waals surface area (Å²) in [6.07, 6.45) is 0.973. The van der Waals surface area contributed by atoms with Crippen LogP contribution in [0.5, 0.6) is 5.75 Å². The van der Waals surface area contributed by atoms with Crippen LogP contribution in [0.15, 0.2) is 36.4 Å². The SMILES string of the molecule is CCOc1ccc2c(c1)CCNC2c1cc(C)cc(F)c1. The van der Waals surface area contributed by atoms with Crippen molar-refractivity contribution >= 4 is 0 Å². The monoisotopic (exact) mass is 285 g/mol. The normalized spacial score (nSPS) is 17.4. The first-order valence-electron chi connectivity index (χ1n) is 7.43. The van der Waals surface area contributed by atoms with Crippen LogP contribution in [0.25, 0.3) is 0 Å². The van der Waals surface area contributed by atoms with Crippen molar-refractivity contribution < 1.29 is 9.13 Å². The fourth-order valence-corrected chi connectivity index (χ4v) is 3.03. The van der Waals surface area contributed by atoms with Gasteiger partial charge in [0.15, 0.2) is 0 Å². The second-order valence-electron chi connectivity index (χ2n) is 5.49. The van der Waals surface area contributed by atoms with Gasteiger partial charge in [-0.2, -0.15) is 0 Å². The summed E-state index contributed by atoms with van der Waals surface area (Å²) in [7, 11) is 0. The molecule has 1 atom stereocenters. The molecule has 1 aliphatic rings. The van der Waals surface area contributed by atoms with Gasteiger partial charge in [0.25, 0.3) is 0 Å². The Labute approximate surface area is 125 Å². The minimum Gasteiger partial charge on any atom is -0.494 e. The van der Waals surface area contributed by atoms with Gasteiger partial charge in [-0.25, -0.2) is 4.39 Å². The molecule has 3 heteroatoms. The van der Waals surface area contributed by atoms with Gasteiger partial charge in [0.05, 0.1) is 12.6 Å². The molecule has 0 aliphatic carbocycles. The summed E-state index contributed by atoms with van der Waals surface area (Å²) in [4.78, 5) is 0. The molecule has 0 spiro atoms. The van der Waals surface area contributed by atoms with Crippen molar-refractivity contribution in [2.75, 3.05) is 13.2 Å². The highest BCUT2D eigenvalue weighted by Crippen LogP contribution is 2.31. The van der Waals surface area contributed by atoms with E-state index in [4.69, 9.17) is 4.74 Å². The predicted molar refractivity (Wildman–Crippen MR) is 82.3 cm³/mol. The van der Waals surface area contributed by atoms with Crippen LogP contribution in [-0.4, -0.2) is 13.2 Å². The molecule has 2 aromatic rings. The minimum atomic E-state index is -0.176. The molecule has 1 N–H and O–H groups in total. The Morgan fingerprint density at radius 1 is 1.24 bits per heavy atom. The first-order valence-corrected chi connectivity index (χ1v) is 7.43. The fourth-order valence-electron chi connectivity index (χ4n) is 3.03. The summed E-state index contributed by atoms with van der Waals surface area (Å²) in [5.41, 5.74) is 4.43. The second kappa shape index (κ2) is 5.86. The Morgan fingerprint density at radius 3 is 2.86 bits per heavy atom. The van der Waals surface area contributed by atoms with Gasteiger partial charge < -0.3 is 10.1 Å². The van der Waals surface area contributed by atoms with E-state index in [1.165, 1.54) is 11.1 Å². The standard InChI is InChI=1S/C18H20FNO/c1-3-21-16-4-5-17-13(11-16)6-7-20-18(17)14-8-12(2)9-15(19)10-14/h4-5,8-11,18,20H,3,6-7H2,1-2H3. The number of halogens is 1. The molecular formula is C18H20FNO. The predicted octanol–water partition coefficient (Wildman–Crippen LogP) is 3.77. The molecule has 1 unspecified atom stereocenters. The average Bonchev–Trinajstić information content (AvgIpc) is 2.45. The van der Waals surface area contributed by atoms with Crippen LogP contribution in [-0.2, 0) is 6.42 Å². The molecule has 0 bridgehead atoms. The maximum Gasteiger partial charge on any atom is 0.123 e. The minimum absolute atomic E-state index is 0.0545. The van der Waals surface area contributed by atoms with Crippen molar-refractivity contribution in [1.29, 1.82) is 0 Å². The van der Waals surface area contributed by atoms with E-state index in [0.29, 0.717) is 6.61 Å². The van der Waals surface area contributed by atoms with Crippen LogP contribution in [0.3, 0.4) is 0 Å². The Bertz CT molecular complexity index is 633. The average molecular weight is 285 g/mol. The van der Waals surface area contributed by atoms with Crippen molar-refractivity contribution in [2.45, 2.75) is 26.3 Å². The van der Waals surface area contributed by atoms with E-state index >= 15 is 0 Å². The van der Waals surface area contributed by atoms with Crippen LogP contribution in [0.4, 0.5) is 4.39 Å². The molecule has 110 valence electrons. The van der Waals surface area contributed by atoms with Gasteiger partial charge >= 0.3 is 0 Å². The van der Waals surface area contributed by atoms with Gasteiger partial charge in [0.2, 0.25) is 0 Å². The van der Waals surface area contributed by atoms with Crippen molar-refractivity contribution in [2.24, 2.45) is 0 Å². The Kier molecular flexibility index (Phi) is 3.93. The first kappa shape index (κ1) is 14.1. The molecule has 0 fully saturated rings. The number of fused-ring (bicyclic) bond motifs is 1. The third-order valence-electron chi connectivity index (χ3n) is 3.88. The van der Waals surface area contributed by atoms with Gasteiger partial charge in [-0.1, -0.05) is 12.1 Å². The summed E-state index contributed by atoms with van der Waals surface area (Å²) in [5.74, 6) is 0.734. The molecular weight excluding hydrogens is 265 g/mol. The second-order valence-corrected chi connectivity index (χ2v) is 5.49. The third-order valence-corrected chi connectivity index (χ3v) is 3.88. The van der Waals surface area contributed by atoms with Crippen molar-refractivity contribution in [3.8, 4) is 5.75 Å². The lowest BCUT2D eigenvalue weighted by Crippen LogP contribution is -2.30. The maximum absolute atomic E-state index is 13.7. The van der Waals surface area contributed by atoms with Crippen LogP contribution in [0.1, 0.15) is 35.2 Å². The van der Waals surface area contributed by atoms with Gasteiger partial charge in [0, 0.05) is 6.54 Å². The van der Waals surface area contributed by atoms with Crippen LogP contribution in [0, 0.1) is 12.7 Å². The highest BCUT2D eigenvalue weighted by atomic mass is 19.1. The van der Waals surface area contributed by atoms with Gasteiger partial charge in [0.1, 0.15) is 11.6 Å². The van der Waals surface area contributed by atoms with E-state index in [1.807, 2.05) is 26.0 Å².